The standard InChI is InChI=1S/C36H62O10/c1-31(2)23(39)10-12-33(5)22-15-19(38)25-18(36(8)14-11-24(46-36)32(3,4)43)9-13-34(25,6)35(22,7)16-20(29(31)33)44-30-28(42)27(41)26(40)21(17-37)45-30/h18-30,37-43H,9-17H2,1-8H3/t18-,19+,20-,21+,22+,23-,24-,25-,26+,27-,28+,29+,30-,33+,34+,35+,36-/m0/s1. The minimum absolute atomic E-state index is 0.0189. The van der Waals surface area contributed by atoms with Crippen LogP contribution in [0.4, 0.5) is 0 Å². The lowest BCUT2D eigenvalue weighted by Crippen LogP contribution is -2.71. The van der Waals surface area contributed by atoms with Crippen LogP contribution in [0.25, 0.3) is 0 Å². The van der Waals surface area contributed by atoms with Crippen molar-refractivity contribution in [2.75, 3.05) is 6.61 Å². The first-order valence-electron chi connectivity index (χ1n) is 17.9. The molecule has 0 aromatic heterocycles. The van der Waals surface area contributed by atoms with Gasteiger partial charge in [0.25, 0.3) is 0 Å². The van der Waals surface area contributed by atoms with Crippen LogP contribution in [0.3, 0.4) is 0 Å². The molecule has 0 unspecified atom stereocenters. The Hall–Kier alpha value is -0.400. The van der Waals surface area contributed by atoms with Gasteiger partial charge in [0.05, 0.1) is 42.2 Å². The summed E-state index contributed by atoms with van der Waals surface area (Å²) in [5.41, 5.74) is -2.83. The van der Waals surface area contributed by atoms with Crippen LogP contribution in [0.1, 0.15) is 107 Å². The van der Waals surface area contributed by atoms with E-state index < -0.39 is 72.2 Å². The molecular formula is C36H62O10. The number of rotatable bonds is 5. The number of ether oxygens (including phenoxy) is 3. The molecule has 0 bridgehead atoms. The normalized spacial score (nSPS) is 57.1. The van der Waals surface area contributed by atoms with Gasteiger partial charge in [-0.2, -0.15) is 0 Å². The molecule has 2 aliphatic heterocycles. The summed E-state index contributed by atoms with van der Waals surface area (Å²) in [6, 6.07) is 0. The van der Waals surface area contributed by atoms with Gasteiger partial charge in [-0.3, -0.25) is 0 Å². The summed E-state index contributed by atoms with van der Waals surface area (Å²) in [7, 11) is 0. The molecule has 0 radical (unpaired) electrons. The Morgan fingerprint density at radius 2 is 1.50 bits per heavy atom. The van der Waals surface area contributed by atoms with Crippen molar-refractivity contribution in [3.63, 3.8) is 0 Å². The minimum atomic E-state index is -1.54. The summed E-state index contributed by atoms with van der Waals surface area (Å²) >= 11 is 0. The number of aliphatic hydroxyl groups excluding tert-OH is 6. The fourth-order valence-corrected chi connectivity index (χ4v) is 12.7. The van der Waals surface area contributed by atoms with Crippen molar-refractivity contribution in [2.45, 2.75) is 173 Å². The molecule has 0 aromatic rings. The van der Waals surface area contributed by atoms with Crippen LogP contribution in [-0.4, -0.2) is 109 Å². The summed E-state index contributed by atoms with van der Waals surface area (Å²) in [4.78, 5) is 0. The van der Waals surface area contributed by atoms with Crippen molar-refractivity contribution in [3.8, 4) is 0 Å². The average molecular weight is 655 g/mol. The van der Waals surface area contributed by atoms with Gasteiger partial charge in [0.15, 0.2) is 6.29 Å². The highest BCUT2D eigenvalue weighted by molar-refractivity contribution is 5.22. The molecule has 0 spiro atoms. The zero-order chi connectivity index (χ0) is 34.0. The first-order chi connectivity index (χ1) is 21.2. The van der Waals surface area contributed by atoms with E-state index in [1.54, 1.807) is 13.8 Å². The molecule has 6 rings (SSSR count). The van der Waals surface area contributed by atoms with E-state index in [1.165, 1.54) is 0 Å². The van der Waals surface area contributed by atoms with Gasteiger partial charge >= 0.3 is 0 Å². The predicted octanol–water partition coefficient (Wildman–Crippen LogP) is 2.51. The van der Waals surface area contributed by atoms with Crippen molar-refractivity contribution in [2.24, 2.45) is 45.3 Å². The lowest BCUT2D eigenvalue weighted by Gasteiger charge is -2.72. The smallest absolute Gasteiger partial charge is 0.186 e. The van der Waals surface area contributed by atoms with Crippen LogP contribution in [-0.2, 0) is 14.2 Å². The van der Waals surface area contributed by atoms with Gasteiger partial charge in [-0.15, -0.1) is 0 Å². The summed E-state index contributed by atoms with van der Waals surface area (Å²) in [6.45, 7) is 16.4. The van der Waals surface area contributed by atoms with E-state index in [9.17, 15) is 35.7 Å². The zero-order valence-corrected chi connectivity index (χ0v) is 29.2. The molecule has 17 atom stereocenters. The third kappa shape index (κ3) is 4.94. The molecule has 0 aromatic carbocycles. The van der Waals surface area contributed by atoms with Gasteiger partial charge < -0.3 is 50.0 Å². The van der Waals surface area contributed by atoms with Crippen LogP contribution >= 0.6 is 0 Å². The maximum absolute atomic E-state index is 12.2. The second-order valence-corrected chi connectivity index (χ2v) is 18.4. The summed E-state index contributed by atoms with van der Waals surface area (Å²) in [5, 5.41) is 76.4. The third-order valence-electron chi connectivity index (χ3n) is 15.3. The quantitative estimate of drug-likeness (QED) is 0.219. The van der Waals surface area contributed by atoms with Crippen molar-refractivity contribution in [1.82, 2.24) is 0 Å². The molecule has 2 saturated heterocycles. The highest BCUT2D eigenvalue weighted by Gasteiger charge is 2.74. The van der Waals surface area contributed by atoms with Crippen molar-refractivity contribution < 1.29 is 50.0 Å². The Kier molecular flexibility index (Phi) is 8.71. The van der Waals surface area contributed by atoms with E-state index >= 15 is 0 Å². The third-order valence-corrected chi connectivity index (χ3v) is 15.3. The highest BCUT2D eigenvalue weighted by Crippen LogP contribution is 2.76. The van der Waals surface area contributed by atoms with Gasteiger partial charge in [0, 0.05) is 0 Å². The Morgan fingerprint density at radius 1 is 0.826 bits per heavy atom. The molecular weight excluding hydrogens is 592 g/mol. The summed E-state index contributed by atoms with van der Waals surface area (Å²) < 4.78 is 19.4. The molecule has 46 heavy (non-hydrogen) atoms. The summed E-state index contributed by atoms with van der Waals surface area (Å²) in [6.07, 6.45) is -2.57. The highest BCUT2D eigenvalue weighted by atomic mass is 16.7. The van der Waals surface area contributed by atoms with E-state index in [2.05, 4.69) is 41.5 Å². The molecule has 4 aliphatic carbocycles. The van der Waals surface area contributed by atoms with Crippen LogP contribution in [0.5, 0.6) is 0 Å². The van der Waals surface area contributed by atoms with Crippen molar-refractivity contribution in [1.29, 1.82) is 0 Å². The second kappa shape index (κ2) is 11.3. The van der Waals surface area contributed by atoms with E-state index in [4.69, 9.17) is 14.2 Å². The molecule has 2 heterocycles. The number of hydrogen-bond acceptors (Lipinski definition) is 10. The van der Waals surface area contributed by atoms with Gasteiger partial charge in [-0.05, 0) is 117 Å². The lowest BCUT2D eigenvalue weighted by atomic mass is 9.34. The number of fused-ring (bicyclic) bond motifs is 5. The Morgan fingerprint density at radius 3 is 2.11 bits per heavy atom. The maximum atomic E-state index is 12.2. The molecule has 6 fully saturated rings. The average Bonchev–Trinajstić information content (AvgIpc) is 3.55. The van der Waals surface area contributed by atoms with Crippen molar-refractivity contribution >= 4 is 0 Å². The molecule has 10 nitrogen and oxygen atoms in total. The largest absolute Gasteiger partial charge is 0.394 e. The molecule has 6 aliphatic rings. The van der Waals surface area contributed by atoms with Gasteiger partial charge in [0.1, 0.15) is 24.4 Å². The monoisotopic (exact) mass is 654 g/mol. The van der Waals surface area contributed by atoms with Crippen LogP contribution < -0.4 is 0 Å². The van der Waals surface area contributed by atoms with Gasteiger partial charge in [-0.1, -0.05) is 34.6 Å². The fraction of sp³-hybridized carbons (Fsp3) is 1.00. The van der Waals surface area contributed by atoms with Crippen LogP contribution in [0.2, 0.25) is 0 Å². The van der Waals surface area contributed by atoms with Crippen molar-refractivity contribution in [3.05, 3.63) is 0 Å². The Labute approximate surface area is 274 Å². The molecule has 4 saturated carbocycles. The minimum Gasteiger partial charge on any atom is -0.394 e. The Balaban J connectivity index is 1.38. The van der Waals surface area contributed by atoms with Gasteiger partial charge in [0.2, 0.25) is 0 Å². The second-order valence-electron chi connectivity index (χ2n) is 18.4. The number of aliphatic hydroxyl groups is 7. The SMILES string of the molecule is CC(C)(O)[C@@H]1CC[C@@](C)([C@H]2CC[C@]3(C)[C@@H]2[C@H](O)C[C@@H]2[C@@]4(C)CC[C@H](O)C(C)(C)[C@H]4[C@@H](O[C@H]4O[C@H](CO)[C@@H](O)[C@H](O)[C@H]4O)C[C@]23C)O1. The molecule has 10 heteroatoms. The first-order valence-corrected chi connectivity index (χ1v) is 17.9. The fourth-order valence-electron chi connectivity index (χ4n) is 12.7. The van der Waals surface area contributed by atoms with Crippen LogP contribution in [0.15, 0.2) is 0 Å². The van der Waals surface area contributed by atoms with E-state index in [0.29, 0.717) is 19.3 Å². The van der Waals surface area contributed by atoms with E-state index in [0.717, 1.165) is 32.1 Å². The first kappa shape index (κ1) is 35.4. The molecule has 266 valence electrons. The van der Waals surface area contributed by atoms with Gasteiger partial charge in [-0.25, -0.2) is 0 Å². The van der Waals surface area contributed by atoms with E-state index in [-0.39, 0.29) is 46.0 Å². The van der Waals surface area contributed by atoms with E-state index in [1.807, 2.05) is 0 Å². The Bertz CT molecular complexity index is 1140. The molecule has 7 N–H and O–H groups in total. The molecule has 0 amide bonds. The zero-order valence-electron chi connectivity index (χ0n) is 29.2. The number of hydrogen-bond donors (Lipinski definition) is 7. The topological polar surface area (TPSA) is 169 Å². The predicted molar refractivity (Wildman–Crippen MR) is 169 cm³/mol. The lowest BCUT2D eigenvalue weighted by molar-refractivity contribution is -0.347. The van der Waals surface area contributed by atoms with Crippen LogP contribution in [0, 0.1) is 45.3 Å². The maximum Gasteiger partial charge on any atom is 0.186 e. The summed E-state index contributed by atoms with van der Waals surface area (Å²) in [5.74, 6) is 0.0944.